The molecule has 17 heavy (non-hydrogen) atoms. The summed E-state index contributed by atoms with van der Waals surface area (Å²) < 4.78 is 5.45. The van der Waals surface area contributed by atoms with Gasteiger partial charge in [0.05, 0.1) is 5.56 Å². The lowest BCUT2D eigenvalue weighted by molar-refractivity contribution is -0.121. The Bertz CT molecular complexity index is 418. The van der Waals surface area contributed by atoms with E-state index in [-0.39, 0.29) is 11.8 Å². The number of ketones is 1. The predicted molar refractivity (Wildman–Crippen MR) is 63.7 cm³/mol. The SMILES string of the molecule is CCC(=O)CC1(OC(=O)c2ccccc2)CC1. The molecule has 1 aromatic rings. The number of Topliss-reactive ketones (excluding diaryl/α,β-unsaturated/α-hetero) is 1. The van der Waals surface area contributed by atoms with Crippen molar-refractivity contribution in [3.63, 3.8) is 0 Å². The summed E-state index contributed by atoms with van der Waals surface area (Å²) in [4.78, 5) is 23.2. The van der Waals surface area contributed by atoms with Crippen LogP contribution in [-0.2, 0) is 9.53 Å². The molecule has 2 rings (SSSR count). The second kappa shape index (κ2) is 4.70. The summed E-state index contributed by atoms with van der Waals surface area (Å²) in [6.45, 7) is 1.83. The Morgan fingerprint density at radius 1 is 1.24 bits per heavy atom. The molecule has 0 bridgehead atoms. The van der Waals surface area contributed by atoms with E-state index in [1.54, 1.807) is 24.3 Å². The standard InChI is InChI=1S/C14H16O3/c1-2-12(15)10-14(8-9-14)17-13(16)11-6-4-3-5-7-11/h3-7H,2,8-10H2,1H3. The van der Waals surface area contributed by atoms with Crippen LogP contribution in [0.1, 0.15) is 43.0 Å². The first-order valence-corrected chi connectivity index (χ1v) is 5.95. The lowest BCUT2D eigenvalue weighted by atomic mass is 10.1. The van der Waals surface area contributed by atoms with Gasteiger partial charge in [0.2, 0.25) is 0 Å². The van der Waals surface area contributed by atoms with E-state index in [0.29, 0.717) is 18.4 Å². The molecule has 0 unspecified atom stereocenters. The van der Waals surface area contributed by atoms with Crippen LogP contribution < -0.4 is 0 Å². The van der Waals surface area contributed by atoms with Crippen LogP contribution in [0.3, 0.4) is 0 Å². The summed E-state index contributed by atoms with van der Waals surface area (Å²) in [5, 5.41) is 0. The van der Waals surface area contributed by atoms with Crippen LogP contribution in [0, 0.1) is 0 Å². The molecule has 1 aliphatic carbocycles. The minimum Gasteiger partial charge on any atom is -0.455 e. The van der Waals surface area contributed by atoms with Gasteiger partial charge < -0.3 is 4.74 Å². The number of carbonyl (C=O) groups excluding carboxylic acids is 2. The molecular formula is C14H16O3. The molecule has 1 aliphatic rings. The average Bonchev–Trinajstić information content (AvgIpc) is 3.09. The minimum absolute atomic E-state index is 0.156. The van der Waals surface area contributed by atoms with Crippen molar-refractivity contribution in [1.82, 2.24) is 0 Å². The van der Waals surface area contributed by atoms with E-state index >= 15 is 0 Å². The molecule has 0 radical (unpaired) electrons. The topological polar surface area (TPSA) is 43.4 Å². The molecule has 1 fully saturated rings. The summed E-state index contributed by atoms with van der Waals surface area (Å²) in [6, 6.07) is 8.89. The fraction of sp³-hybridized carbons (Fsp3) is 0.429. The number of hydrogen-bond donors (Lipinski definition) is 0. The average molecular weight is 232 g/mol. The number of benzene rings is 1. The van der Waals surface area contributed by atoms with Gasteiger partial charge in [-0.1, -0.05) is 25.1 Å². The third-order valence-electron chi connectivity index (χ3n) is 3.04. The van der Waals surface area contributed by atoms with Crippen molar-refractivity contribution in [3.8, 4) is 0 Å². The van der Waals surface area contributed by atoms with Crippen molar-refractivity contribution < 1.29 is 14.3 Å². The molecule has 0 N–H and O–H groups in total. The van der Waals surface area contributed by atoms with Crippen LogP contribution in [0.2, 0.25) is 0 Å². The Morgan fingerprint density at radius 2 is 1.88 bits per heavy atom. The van der Waals surface area contributed by atoms with Crippen molar-refractivity contribution in [2.24, 2.45) is 0 Å². The molecular weight excluding hydrogens is 216 g/mol. The Morgan fingerprint density at radius 3 is 2.41 bits per heavy atom. The van der Waals surface area contributed by atoms with Gasteiger partial charge in [0.25, 0.3) is 0 Å². The van der Waals surface area contributed by atoms with Crippen molar-refractivity contribution >= 4 is 11.8 Å². The van der Waals surface area contributed by atoms with Crippen molar-refractivity contribution in [3.05, 3.63) is 35.9 Å². The van der Waals surface area contributed by atoms with Gasteiger partial charge in [-0.3, -0.25) is 4.79 Å². The van der Waals surface area contributed by atoms with Crippen LogP contribution >= 0.6 is 0 Å². The zero-order valence-electron chi connectivity index (χ0n) is 9.94. The second-order valence-electron chi connectivity index (χ2n) is 4.51. The molecule has 0 heterocycles. The molecule has 90 valence electrons. The van der Waals surface area contributed by atoms with E-state index in [1.165, 1.54) is 0 Å². The molecule has 1 saturated carbocycles. The fourth-order valence-corrected chi connectivity index (χ4v) is 1.77. The van der Waals surface area contributed by atoms with Crippen LogP contribution in [-0.4, -0.2) is 17.4 Å². The molecule has 1 aromatic carbocycles. The molecule has 0 spiro atoms. The van der Waals surface area contributed by atoms with Gasteiger partial charge in [-0.25, -0.2) is 4.79 Å². The Labute approximate surface area is 101 Å². The Kier molecular flexibility index (Phi) is 3.27. The zero-order valence-corrected chi connectivity index (χ0v) is 9.94. The number of rotatable bonds is 5. The monoisotopic (exact) mass is 232 g/mol. The highest BCUT2D eigenvalue weighted by Gasteiger charge is 2.48. The van der Waals surface area contributed by atoms with E-state index in [9.17, 15) is 9.59 Å². The van der Waals surface area contributed by atoms with E-state index in [2.05, 4.69) is 0 Å². The van der Waals surface area contributed by atoms with Gasteiger partial charge in [-0.15, -0.1) is 0 Å². The summed E-state index contributed by atoms with van der Waals surface area (Å²) in [5.74, 6) is -0.171. The quantitative estimate of drug-likeness (QED) is 0.733. The highest BCUT2D eigenvalue weighted by Crippen LogP contribution is 2.43. The maximum Gasteiger partial charge on any atom is 0.338 e. The van der Waals surface area contributed by atoms with E-state index in [1.807, 2.05) is 13.0 Å². The van der Waals surface area contributed by atoms with Crippen LogP contribution in [0.4, 0.5) is 0 Å². The summed E-state index contributed by atoms with van der Waals surface area (Å²) >= 11 is 0. The Balaban J connectivity index is 1.97. The van der Waals surface area contributed by atoms with Crippen LogP contribution in [0.5, 0.6) is 0 Å². The Hall–Kier alpha value is -1.64. The molecule has 0 aromatic heterocycles. The second-order valence-corrected chi connectivity index (χ2v) is 4.51. The first kappa shape index (κ1) is 11.8. The first-order chi connectivity index (χ1) is 8.15. The smallest absolute Gasteiger partial charge is 0.338 e. The van der Waals surface area contributed by atoms with Crippen molar-refractivity contribution in [1.29, 1.82) is 0 Å². The van der Waals surface area contributed by atoms with Gasteiger partial charge in [-0.2, -0.15) is 0 Å². The molecule has 0 amide bonds. The fourth-order valence-electron chi connectivity index (χ4n) is 1.77. The maximum absolute atomic E-state index is 11.8. The van der Waals surface area contributed by atoms with Gasteiger partial charge in [0.1, 0.15) is 11.4 Å². The largest absolute Gasteiger partial charge is 0.455 e. The highest BCUT2D eigenvalue weighted by molar-refractivity contribution is 5.90. The van der Waals surface area contributed by atoms with Gasteiger partial charge >= 0.3 is 5.97 Å². The maximum atomic E-state index is 11.8. The zero-order chi connectivity index (χ0) is 12.3. The van der Waals surface area contributed by atoms with Crippen molar-refractivity contribution in [2.45, 2.75) is 38.2 Å². The summed E-state index contributed by atoms with van der Waals surface area (Å²) in [7, 11) is 0. The van der Waals surface area contributed by atoms with Crippen molar-refractivity contribution in [2.75, 3.05) is 0 Å². The minimum atomic E-state index is -0.500. The molecule has 0 saturated heterocycles. The third kappa shape index (κ3) is 2.93. The van der Waals surface area contributed by atoms with Gasteiger partial charge in [0, 0.05) is 12.8 Å². The predicted octanol–water partition coefficient (Wildman–Crippen LogP) is 2.75. The van der Waals surface area contributed by atoms with Crippen LogP contribution in [0.15, 0.2) is 30.3 Å². The normalized spacial score (nSPS) is 16.3. The molecule has 0 aliphatic heterocycles. The lowest BCUT2D eigenvalue weighted by Gasteiger charge is -2.15. The first-order valence-electron chi connectivity index (χ1n) is 5.95. The van der Waals surface area contributed by atoms with Crippen LogP contribution in [0.25, 0.3) is 0 Å². The lowest BCUT2D eigenvalue weighted by Crippen LogP contribution is -2.23. The number of carbonyl (C=O) groups is 2. The third-order valence-corrected chi connectivity index (χ3v) is 3.04. The summed E-state index contributed by atoms with van der Waals surface area (Å²) in [6.07, 6.45) is 2.47. The number of hydrogen-bond acceptors (Lipinski definition) is 3. The number of esters is 1. The highest BCUT2D eigenvalue weighted by atomic mass is 16.6. The van der Waals surface area contributed by atoms with E-state index < -0.39 is 5.60 Å². The number of ether oxygens (including phenoxy) is 1. The van der Waals surface area contributed by atoms with E-state index in [0.717, 1.165) is 12.8 Å². The van der Waals surface area contributed by atoms with Gasteiger partial charge in [-0.05, 0) is 25.0 Å². The van der Waals surface area contributed by atoms with Gasteiger partial charge in [0.15, 0.2) is 0 Å². The van der Waals surface area contributed by atoms with E-state index in [4.69, 9.17) is 4.74 Å². The molecule has 3 nitrogen and oxygen atoms in total. The molecule has 3 heteroatoms. The molecule has 0 atom stereocenters. The summed E-state index contributed by atoms with van der Waals surface area (Å²) in [5.41, 5.74) is 0.0442.